The molecular formula is C8H20N2O2S. The van der Waals surface area contributed by atoms with E-state index in [2.05, 4.69) is 4.72 Å². The summed E-state index contributed by atoms with van der Waals surface area (Å²) in [6, 6.07) is 0. The maximum absolute atomic E-state index is 11.3. The maximum atomic E-state index is 11.3. The van der Waals surface area contributed by atoms with E-state index in [0.717, 1.165) is 6.42 Å². The molecule has 0 fully saturated rings. The van der Waals surface area contributed by atoms with E-state index < -0.39 is 10.0 Å². The summed E-state index contributed by atoms with van der Waals surface area (Å²) in [7, 11) is -3.05. The van der Waals surface area contributed by atoms with Crippen LogP contribution in [0.1, 0.15) is 26.7 Å². The SMILES string of the molecule is CC(C)CNS(=O)(=O)CCCCN. The minimum Gasteiger partial charge on any atom is -0.330 e. The van der Waals surface area contributed by atoms with Crippen LogP contribution in [0.2, 0.25) is 0 Å². The molecule has 3 N–H and O–H groups in total. The molecule has 5 heteroatoms. The molecule has 0 heterocycles. The van der Waals surface area contributed by atoms with Crippen molar-refractivity contribution < 1.29 is 8.42 Å². The van der Waals surface area contributed by atoms with Gasteiger partial charge in [0.25, 0.3) is 0 Å². The summed E-state index contributed by atoms with van der Waals surface area (Å²) in [5, 5.41) is 0. The molecule has 13 heavy (non-hydrogen) atoms. The van der Waals surface area contributed by atoms with Crippen LogP contribution in [0.15, 0.2) is 0 Å². The molecule has 80 valence electrons. The number of rotatable bonds is 7. The van der Waals surface area contributed by atoms with Crippen LogP contribution < -0.4 is 10.5 Å². The number of nitrogens with one attached hydrogen (secondary N) is 1. The first-order chi connectivity index (χ1) is 5.98. The minimum absolute atomic E-state index is 0.191. The molecule has 0 saturated heterocycles. The third kappa shape index (κ3) is 8.21. The van der Waals surface area contributed by atoms with Crippen LogP contribution in [0.3, 0.4) is 0 Å². The van der Waals surface area contributed by atoms with Crippen molar-refractivity contribution in [2.24, 2.45) is 11.7 Å². The predicted molar refractivity (Wildman–Crippen MR) is 54.9 cm³/mol. The number of sulfonamides is 1. The average Bonchev–Trinajstić information content (AvgIpc) is 2.02. The zero-order valence-corrected chi connectivity index (χ0v) is 9.23. The predicted octanol–water partition coefficient (Wildman–Crippen LogP) is 0.301. The molecule has 4 nitrogen and oxygen atoms in total. The highest BCUT2D eigenvalue weighted by Gasteiger charge is 2.09. The third-order valence-electron chi connectivity index (χ3n) is 1.58. The lowest BCUT2D eigenvalue weighted by Gasteiger charge is -2.07. The van der Waals surface area contributed by atoms with Crippen molar-refractivity contribution in [1.29, 1.82) is 0 Å². The first kappa shape index (κ1) is 12.9. The van der Waals surface area contributed by atoms with Crippen LogP contribution in [-0.2, 0) is 10.0 Å². The van der Waals surface area contributed by atoms with Gasteiger partial charge < -0.3 is 5.73 Å². The first-order valence-corrected chi connectivity index (χ1v) is 6.30. The number of unbranched alkanes of at least 4 members (excludes halogenated alkanes) is 1. The van der Waals surface area contributed by atoms with Crippen LogP contribution in [-0.4, -0.2) is 27.3 Å². The van der Waals surface area contributed by atoms with Crippen molar-refractivity contribution in [3.63, 3.8) is 0 Å². The fraction of sp³-hybridized carbons (Fsp3) is 1.00. The first-order valence-electron chi connectivity index (χ1n) is 4.65. The van der Waals surface area contributed by atoms with Gasteiger partial charge in [-0.1, -0.05) is 13.8 Å². The second-order valence-corrected chi connectivity index (χ2v) is 5.48. The van der Waals surface area contributed by atoms with Crippen molar-refractivity contribution in [1.82, 2.24) is 4.72 Å². The van der Waals surface area contributed by atoms with Crippen molar-refractivity contribution in [3.05, 3.63) is 0 Å². The molecule has 0 aliphatic carbocycles. The molecule has 0 unspecified atom stereocenters. The highest BCUT2D eigenvalue weighted by atomic mass is 32.2. The molecule has 0 atom stereocenters. The summed E-state index contributed by atoms with van der Waals surface area (Å²) in [4.78, 5) is 0. The van der Waals surface area contributed by atoms with Gasteiger partial charge in [-0.15, -0.1) is 0 Å². The van der Waals surface area contributed by atoms with Crippen LogP contribution in [0.4, 0.5) is 0 Å². The largest absolute Gasteiger partial charge is 0.330 e. The smallest absolute Gasteiger partial charge is 0.211 e. The van der Waals surface area contributed by atoms with Crippen LogP contribution in [0, 0.1) is 5.92 Å². The number of hydrogen-bond donors (Lipinski definition) is 2. The average molecular weight is 208 g/mol. The molecule has 0 spiro atoms. The zero-order valence-electron chi connectivity index (χ0n) is 8.41. The molecule has 0 radical (unpaired) electrons. The van der Waals surface area contributed by atoms with Gasteiger partial charge in [-0.05, 0) is 25.3 Å². The van der Waals surface area contributed by atoms with E-state index in [1.165, 1.54) is 0 Å². The molecule has 0 rings (SSSR count). The maximum Gasteiger partial charge on any atom is 0.211 e. The van der Waals surface area contributed by atoms with Gasteiger partial charge in [0, 0.05) is 6.54 Å². The van der Waals surface area contributed by atoms with E-state index in [4.69, 9.17) is 5.73 Å². The zero-order chi connectivity index (χ0) is 10.3. The van der Waals surface area contributed by atoms with E-state index in [1.807, 2.05) is 13.8 Å². The Labute approximate surface area is 80.9 Å². The highest BCUT2D eigenvalue weighted by molar-refractivity contribution is 7.89. The van der Waals surface area contributed by atoms with Crippen molar-refractivity contribution in [2.75, 3.05) is 18.8 Å². The molecular weight excluding hydrogens is 188 g/mol. The molecule has 0 bridgehead atoms. The summed E-state index contributed by atoms with van der Waals surface area (Å²) in [5.74, 6) is 0.543. The monoisotopic (exact) mass is 208 g/mol. The van der Waals surface area contributed by atoms with Crippen molar-refractivity contribution in [3.8, 4) is 0 Å². The van der Waals surface area contributed by atoms with E-state index in [0.29, 0.717) is 25.4 Å². The van der Waals surface area contributed by atoms with E-state index >= 15 is 0 Å². The summed E-state index contributed by atoms with van der Waals surface area (Å²) in [6.07, 6.45) is 1.41. The fourth-order valence-corrected chi connectivity index (χ4v) is 2.12. The van der Waals surface area contributed by atoms with E-state index in [1.54, 1.807) is 0 Å². The van der Waals surface area contributed by atoms with Crippen molar-refractivity contribution in [2.45, 2.75) is 26.7 Å². The fourth-order valence-electron chi connectivity index (χ4n) is 0.802. The molecule has 0 aliphatic rings. The van der Waals surface area contributed by atoms with Crippen molar-refractivity contribution >= 4 is 10.0 Å². The minimum atomic E-state index is -3.05. The Hall–Kier alpha value is -0.130. The van der Waals surface area contributed by atoms with E-state index in [-0.39, 0.29) is 5.75 Å². The van der Waals surface area contributed by atoms with Gasteiger partial charge in [-0.2, -0.15) is 0 Å². The van der Waals surface area contributed by atoms with Gasteiger partial charge in [0.2, 0.25) is 10.0 Å². The van der Waals surface area contributed by atoms with Gasteiger partial charge in [0.05, 0.1) is 5.75 Å². The molecule has 0 aromatic heterocycles. The van der Waals surface area contributed by atoms with Gasteiger partial charge >= 0.3 is 0 Å². The lowest BCUT2D eigenvalue weighted by Crippen LogP contribution is -2.29. The molecule has 0 aliphatic heterocycles. The van der Waals surface area contributed by atoms with Crippen LogP contribution >= 0.6 is 0 Å². The summed E-state index contributed by atoms with van der Waals surface area (Å²) in [5.41, 5.74) is 5.26. The second kappa shape index (κ2) is 6.34. The number of hydrogen-bond acceptors (Lipinski definition) is 3. The Kier molecular flexibility index (Phi) is 6.28. The molecule has 0 aromatic rings. The van der Waals surface area contributed by atoms with Crippen LogP contribution in [0.5, 0.6) is 0 Å². The van der Waals surface area contributed by atoms with Crippen LogP contribution in [0.25, 0.3) is 0 Å². The Balaban J connectivity index is 3.68. The molecule has 0 aromatic carbocycles. The lowest BCUT2D eigenvalue weighted by molar-refractivity contribution is 0.557. The molecule has 0 amide bonds. The second-order valence-electron chi connectivity index (χ2n) is 3.56. The van der Waals surface area contributed by atoms with E-state index in [9.17, 15) is 8.42 Å². The van der Waals surface area contributed by atoms with Gasteiger partial charge in [0.15, 0.2) is 0 Å². The number of nitrogens with two attached hydrogens (primary N) is 1. The van der Waals surface area contributed by atoms with Gasteiger partial charge in [0.1, 0.15) is 0 Å². The normalized spacial score (nSPS) is 12.3. The Bertz CT molecular complexity index is 212. The Morgan fingerprint density at radius 3 is 2.38 bits per heavy atom. The lowest BCUT2D eigenvalue weighted by atomic mass is 10.2. The Morgan fingerprint density at radius 1 is 1.31 bits per heavy atom. The summed E-state index contributed by atoms with van der Waals surface area (Å²) in [6.45, 7) is 5.02. The third-order valence-corrected chi connectivity index (χ3v) is 3.01. The van der Waals surface area contributed by atoms with Gasteiger partial charge in [-0.25, -0.2) is 13.1 Å². The standard InChI is InChI=1S/C8H20N2O2S/c1-8(2)7-10-13(11,12)6-4-3-5-9/h8,10H,3-7,9H2,1-2H3. The quantitative estimate of drug-likeness (QED) is 0.591. The highest BCUT2D eigenvalue weighted by Crippen LogP contribution is 1.95. The Morgan fingerprint density at radius 2 is 1.92 bits per heavy atom. The topological polar surface area (TPSA) is 72.2 Å². The summed E-state index contributed by atoms with van der Waals surface area (Å²) < 4.78 is 25.1. The summed E-state index contributed by atoms with van der Waals surface area (Å²) >= 11 is 0. The molecule has 0 saturated carbocycles. The van der Waals surface area contributed by atoms with Gasteiger partial charge in [-0.3, -0.25) is 0 Å².